The van der Waals surface area contributed by atoms with Crippen LogP contribution in [0.15, 0.2) is 42.6 Å². The minimum absolute atomic E-state index is 0.105. The molecule has 1 N–H and O–H groups in total. The molecule has 0 aliphatic rings. The highest BCUT2D eigenvalue weighted by molar-refractivity contribution is 5.87. The molecule has 1 aromatic heterocycles. The fourth-order valence-corrected chi connectivity index (χ4v) is 1.32. The van der Waals surface area contributed by atoms with E-state index in [1.807, 2.05) is 6.07 Å². The normalized spacial score (nSPS) is 9.50. The third-order valence-electron chi connectivity index (χ3n) is 2.19. The molecule has 0 saturated heterocycles. The molecular formula is C13H8N2O3. The zero-order chi connectivity index (χ0) is 13.0. The molecule has 0 aliphatic carbocycles. The van der Waals surface area contributed by atoms with E-state index in [0.29, 0.717) is 11.3 Å². The summed E-state index contributed by atoms with van der Waals surface area (Å²) in [5.41, 5.74) is 0.628. The summed E-state index contributed by atoms with van der Waals surface area (Å²) < 4.78 is 5.38. The van der Waals surface area contributed by atoms with E-state index in [-0.39, 0.29) is 11.4 Å². The summed E-state index contributed by atoms with van der Waals surface area (Å²) in [4.78, 5) is 14.7. The number of nitriles is 1. The molecule has 18 heavy (non-hydrogen) atoms. The van der Waals surface area contributed by atoms with Crippen LogP contribution >= 0.6 is 0 Å². The van der Waals surface area contributed by atoms with Crippen LogP contribution in [0.2, 0.25) is 0 Å². The van der Waals surface area contributed by atoms with Gasteiger partial charge in [-0.15, -0.1) is 0 Å². The second-order valence-electron chi connectivity index (χ2n) is 3.43. The van der Waals surface area contributed by atoms with Gasteiger partial charge in [0.05, 0.1) is 17.2 Å². The monoisotopic (exact) mass is 240 g/mol. The topological polar surface area (TPSA) is 83.2 Å². The van der Waals surface area contributed by atoms with Gasteiger partial charge in [-0.2, -0.15) is 5.26 Å². The Morgan fingerprint density at radius 2 is 2.00 bits per heavy atom. The Bertz CT molecular complexity index is 615. The third kappa shape index (κ3) is 2.62. The molecular weight excluding hydrogens is 232 g/mol. The Labute approximate surface area is 103 Å². The minimum Gasteiger partial charge on any atom is -0.478 e. The van der Waals surface area contributed by atoms with Crippen LogP contribution in [0.3, 0.4) is 0 Å². The quantitative estimate of drug-likeness (QED) is 0.890. The molecule has 0 aliphatic heterocycles. The number of pyridine rings is 1. The van der Waals surface area contributed by atoms with Gasteiger partial charge in [-0.25, -0.2) is 9.78 Å². The first-order chi connectivity index (χ1) is 8.69. The number of hydrogen-bond donors (Lipinski definition) is 1. The number of aromatic carboxylic acids is 1. The van der Waals surface area contributed by atoms with Crippen molar-refractivity contribution in [1.29, 1.82) is 5.26 Å². The van der Waals surface area contributed by atoms with E-state index in [9.17, 15) is 4.79 Å². The summed E-state index contributed by atoms with van der Waals surface area (Å²) in [5, 5.41) is 17.5. The molecule has 5 heteroatoms. The molecule has 1 heterocycles. The van der Waals surface area contributed by atoms with Crippen LogP contribution in [0.25, 0.3) is 0 Å². The number of hydrogen-bond acceptors (Lipinski definition) is 4. The molecule has 0 saturated carbocycles. The first-order valence-electron chi connectivity index (χ1n) is 5.06. The van der Waals surface area contributed by atoms with Gasteiger partial charge in [0.1, 0.15) is 5.75 Å². The smallest absolute Gasteiger partial charge is 0.335 e. The molecule has 0 amide bonds. The number of carbonyl (C=O) groups is 1. The molecule has 0 fully saturated rings. The predicted molar refractivity (Wildman–Crippen MR) is 62.4 cm³/mol. The Balaban J connectivity index is 2.20. The summed E-state index contributed by atoms with van der Waals surface area (Å²) in [6, 6.07) is 11.2. The van der Waals surface area contributed by atoms with E-state index >= 15 is 0 Å². The van der Waals surface area contributed by atoms with Crippen LogP contribution < -0.4 is 4.74 Å². The molecule has 0 atom stereocenters. The summed E-state index contributed by atoms with van der Waals surface area (Å²) >= 11 is 0. The lowest BCUT2D eigenvalue weighted by molar-refractivity contribution is 0.0696. The highest BCUT2D eigenvalue weighted by Crippen LogP contribution is 2.20. The van der Waals surface area contributed by atoms with Crippen molar-refractivity contribution in [3.63, 3.8) is 0 Å². The lowest BCUT2D eigenvalue weighted by Gasteiger charge is -2.04. The Kier molecular flexibility index (Phi) is 3.21. The zero-order valence-corrected chi connectivity index (χ0v) is 9.20. The van der Waals surface area contributed by atoms with Crippen LogP contribution in [0, 0.1) is 11.3 Å². The van der Waals surface area contributed by atoms with Gasteiger partial charge in [0.25, 0.3) is 0 Å². The number of rotatable bonds is 3. The maximum Gasteiger partial charge on any atom is 0.335 e. The van der Waals surface area contributed by atoms with Crippen LogP contribution in [0.1, 0.15) is 15.9 Å². The van der Waals surface area contributed by atoms with Crippen molar-refractivity contribution in [3.8, 4) is 17.7 Å². The van der Waals surface area contributed by atoms with Crippen molar-refractivity contribution in [1.82, 2.24) is 4.98 Å². The number of ether oxygens (including phenoxy) is 1. The van der Waals surface area contributed by atoms with Crippen molar-refractivity contribution in [2.45, 2.75) is 0 Å². The molecule has 0 unspecified atom stereocenters. The van der Waals surface area contributed by atoms with Crippen LogP contribution in [0.5, 0.6) is 11.6 Å². The maximum atomic E-state index is 10.8. The van der Waals surface area contributed by atoms with Crippen molar-refractivity contribution in [2.24, 2.45) is 0 Å². The van der Waals surface area contributed by atoms with E-state index in [0.717, 1.165) is 0 Å². The van der Waals surface area contributed by atoms with Crippen LogP contribution in [0.4, 0.5) is 0 Å². The van der Waals surface area contributed by atoms with Crippen molar-refractivity contribution in [3.05, 3.63) is 53.7 Å². The van der Waals surface area contributed by atoms with Crippen LogP contribution in [-0.4, -0.2) is 16.1 Å². The number of carboxylic acid groups (broad SMARTS) is 1. The van der Waals surface area contributed by atoms with E-state index < -0.39 is 5.97 Å². The lowest BCUT2D eigenvalue weighted by Crippen LogP contribution is -1.97. The largest absolute Gasteiger partial charge is 0.478 e. The summed E-state index contributed by atoms with van der Waals surface area (Å²) in [7, 11) is 0. The Hall–Kier alpha value is -2.87. The summed E-state index contributed by atoms with van der Waals surface area (Å²) in [5.74, 6) is -0.356. The van der Waals surface area contributed by atoms with Crippen LogP contribution in [-0.2, 0) is 0 Å². The summed E-state index contributed by atoms with van der Waals surface area (Å²) in [6.45, 7) is 0. The molecule has 2 aromatic rings. The minimum atomic E-state index is -1.04. The number of carboxylic acids is 1. The van der Waals surface area contributed by atoms with Gasteiger partial charge >= 0.3 is 5.97 Å². The molecule has 5 nitrogen and oxygen atoms in total. The maximum absolute atomic E-state index is 10.8. The highest BCUT2D eigenvalue weighted by atomic mass is 16.5. The average molecular weight is 240 g/mol. The number of benzene rings is 1. The molecule has 1 aromatic carbocycles. The third-order valence-corrected chi connectivity index (χ3v) is 2.19. The van der Waals surface area contributed by atoms with E-state index in [1.165, 1.54) is 18.3 Å². The molecule has 88 valence electrons. The first-order valence-corrected chi connectivity index (χ1v) is 5.06. The van der Waals surface area contributed by atoms with E-state index in [2.05, 4.69) is 4.98 Å². The predicted octanol–water partition coefficient (Wildman–Crippen LogP) is 2.44. The molecule has 0 bridgehead atoms. The van der Waals surface area contributed by atoms with Gasteiger partial charge in [-0.05, 0) is 30.3 Å². The number of nitrogens with zero attached hydrogens (tertiary/aromatic N) is 2. The first kappa shape index (κ1) is 11.6. The average Bonchev–Trinajstić information content (AvgIpc) is 2.40. The molecule has 0 radical (unpaired) electrons. The molecule has 2 rings (SSSR count). The van der Waals surface area contributed by atoms with E-state index in [4.69, 9.17) is 15.1 Å². The van der Waals surface area contributed by atoms with Gasteiger partial charge in [0.2, 0.25) is 5.88 Å². The lowest BCUT2D eigenvalue weighted by atomic mass is 10.2. The van der Waals surface area contributed by atoms with E-state index in [1.54, 1.807) is 24.3 Å². The standard InChI is InChI=1S/C13H8N2O3/c14-8-9-1-3-11(4-2-9)18-12-7-10(13(16)17)5-6-15-12/h1-7H,(H,16,17). The second-order valence-corrected chi connectivity index (χ2v) is 3.43. The Morgan fingerprint density at radius 1 is 1.28 bits per heavy atom. The number of aromatic nitrogens is 1. The van der Waals surface area contributed by atoms with Gasteiger partial charge in [-0.1, -0.05) is 0 Å². The van der Waals surface area contributed by atoms with Gasteiger partial charge < -0.3 is 9.84 Å². The fourth-order valence-electron chi connectivity index (χ4n) is 1.32. The second kappa shape index (κ2) is 4.97. The van der Waals surface area contributed by atoms with Gasteiger partial charge in [0, 0.05) is 12.3 Å². The summed E-state index contributed by atoms with van der Waals surface area (Å²) in [6.07, 6.45) is 1.36. The van der Waals surface area contributed by atoms with Crippen molar-refractivity contribution < 1.29 is 14.6 Å². The van der Waals surface area contributed by atoms with Gasteiger partial charge in [-0.3, -0.25) is 0 Å². The fraction of sp³-hybridized carbons (Fsp3) is 0. The zero-order valence-electron chi connectivity index (χ0n) is 9.20. The Morgan fingerprint density at radius 3 is 2.61 bits per heavy atom. The highest BCUT2D eigenvalue weighted by Gasteiger charge is 2.05. The van der Waals surface area contributed by atoms with Gasteiger partial charge in [0.15, 0.2) is 0 Å². The SMILES string of the molecule is N#Cc1ccc(Oc2cc(C(=O)O)ccn2)cc1. The van der Waals surface area contributed by atoms with Crippen molar-refractivity contribution in [2.75, 3.05) is 0 Å². The molecule has 0 spiro atoms. The van der Waals surface area contributed by atoms with Crippen molar-refractivity contribution >= 4 is 5.97 Å².